The zero-order chi connectivity index (χ0) is 17.2. The van der Waals surface area contributed by atoms with Gasteiger partial charge in [0.15, 0.2) is 0 Å². The lowest BCUT2D eigenvalue weighted by Gasteiger charge is -2.32. The minimum Gasteiger partial charge on any atom is -0.355 e. The van der Waals surface area contributed by atoms with Crippen molar-refractivity contribution in [3.05, 3.63) is 30.1 Å². The molecule has 1 aromatic carbocycles. The Hall–Kier alpha value is -1.51. The summed E-state index contributed by atoms with van der Waals surface area (Å²) in [5.74, 6) is -0.433. The molecule has 1 amide bonds. The Morgan fingerprint density at radius 3 is 2.50 bits per heavy atom. The second-order valence-electron chi connectivity index (χ2n) is 6.38. The minimum atomic E-state index is -3.84. The molecule has 0 spiro atoms. The molecule has 6 nitrogen and oxygen atoms in total. The Morgan fingerprint density at radius 1 is 1.25 bits per heavy atom. The lowest BCUT2D eigenvalue weighted by atomic mass is 9.96. The quantitative estimate of drug-likeness (QED) is 0.809. The van der Waals surface area contributed by atoms with Gasteiger partial charge in [-0.2, -0.15) is 4.31 Å². The molecule has 2 aliphatic heterocycles. The first kappa shape index (κ1) is 17.3. The molecule has 0 radical (unpaired) electrons. The summed E-state index contributed by atoms with van der Waals surface area (Å²) < 4.78 is 40.1. The lowest BCUT2D eigenvalue weighted by molar-refractivity contribution is -0.126. The SMILES string of the molecule is O=C(NCC1CNC1)C1CCN(S(=O)(=O)c2ccccc2F)CC1. The number of hydrogen-bond donors (Lipinski definition) is 2. The number of nitrogens with zero attached hydrogens (tertiary/aromatic N) is 1. The lowest BCUT2D eigenvalue weighted by Crippen LogP contribution is -2.50. The van der Waals surface area contributed by atoms with E-state index in [2.05, 4.69) is 10.6 Å². The molecule has 0 unspecified atom stereocenters. The first-order valence-corrected chi connectivity index (χ1v) is 9.65. The maximum atomic E-state index is 13.8. The second kappa shape index (κ2) is 7.16. The van der Waals surface area contributed by atoms with Gasteiger partial charge in [0.2, 0.25) is 15.9 Å². The third-order valence-corrected chi connectivity index (χ3v) is 6.64. The van der Waals surface area contributed by atoms with E-state index in [1.807, 2.05) is 0 Å². The van der Waals surface area contributed by atoms with Crippen molar-refractivity contribution >= 4 is 15.9 Å². The third-order valence-electron chi connectivity index (χ3n) is 4.71. The molecule has 24 heavy (non-hydrogen) atoms. The van der Waals surface area contributed by atoms with Crippen LogP contribution in [0.5, 0.6) is 0 Å². The highest BCUT2D eigenvalue weighted by atomic mass is 32.2. The summed E-state index contributed by atoms with van der Waals surface area (Å²) in [6, 6.07) is 5.38. The van der Waals surface area contributed by atoms with Gasteiger partial charge in [-0.05, 0) is 25.0 Å². The Balaban J connectivity index is 1.56. The maximum Gasteiger partial charge on any atom is 0.245 e. The van der Waals surface area contributed by atoms with Gasteiger partial charge in [0.1, 0.15) is 10.7 Å². The summed E-state index contributed by atoms with van der Waals surface area (Å²) >= 11 is 0. The van der Waals surface area contributed by atoms with Crippen molar-refractivity contribution in [3.8, 4) is 0 Å². The normalized spacial score (nSPS) is 20.5. The van der Waals surface area contributed by atoms with E-state index in [0.29, 0.717) is 25.3 Å². The Kier molecular flexibility index (Phi) is 5.17. The van der Waals surface area contributed by atoms with E-state index in [4.69, 9.17) is 0 Å². The fourth-order valence-electron chi connectivity index (χ4n) is 3.03. The number of halogens is 1. The standard InChI is InChI=1S/C16H22FN3O3S/c17-14-3-1-2-4-15(14)24(22,23)20-7-5-13(6-8-20)16(21)19-11-12-9-18-10-12/h1-4,12-13,18H,5-11H2,(H,19,21). The average Bonchev–Trinajstić information content (AvgIpc) is 2.53. The average molecular weight is 355 g/mol. The molecule has 0 saturated carbocycles. The van der Waals surface area contributed by atoms with E-state index < -0.39 is 15.8 Å². The van der Waals surface area contributed by atoms with Crippen molar-refractivity contribution in [2.75, 3.05) is 32.7 Å². The first-order valence-electron chi connectivity index (χ1n) is 8.21. The van der Waals surface area contributed by atoms with Crippen molar-refractivity contribution < 1.29 is 17.6 Å². The third kappa shape index (κ3) is 3.60. The number of sulfonamides is 1. The van der Waals surface area contributed by atoms with Gasteiger partial charge in [-0.25, -0.2) is 12.8 Å². The summed E-state index contributed by atoms with van der Waals surface area (Å²) in [5.41, 5.74) is 0. The zero-order valence-corrected chi connectivity index (χ0v) is 14.2. The maximum absolute atomic E-state index is 13.8. The summed E-state index contributed by atoms with van der Waals surface area (Å²) in [4.78, 5) is 11.9. The Morgan fingerprint density at radius 2 is 1.92 bits per heavy atom. The molecule has 2 aliphatic rings. The van der Waals surface area contributed by atoms with E-state index in [1.165, 1.54) is 22.5 Å². The summed E-state index contributed by atoms with van der Waals surface area (Å²) in [5, 5.41) is 6.09. The fourth-order valence-corrected chi connectivity index (χ4v) is 4.57. The highest BCUT2D eigenvalue weighted by Crippen LogP contribution is 2.25. The number of nitrogens with one attached hydrogen (secondary N) is 2. The van der Waals surface area contributed by atoms with Gasteiger partial charge in [0.25, 0.3) is 0 Å². The van der Waals surface area contributed by atoms with Crippen LogP contribution < -0.4 is 10.6 Å². The molecule has 0 aromatic heterocycles. The van der Waals surface area contributed by atoms with E-state index in [-0.39, 0.29) is 29.8 Å². The molecule has 3 rings (SSSR count). The van der Waals surface area contributed by atoms with Crippen molar-refractivity contribution in [1.29, 1.82) is 0 Å². The zero-order valence-electron chi connectivity index (χ0n) is 13.4. The number of amides is 1. The van der Waals surface area contributed by atoms with Gasteiger partial charge in [0, 0.05) is 44.6 Å². The minimum absolute atomic E-state index is 0.00941. The molecule has 2 fully saturated rings. The van der Waals surface area contributed by atoms with E-state index in [0.717, 1.165) is 19.2 Å². The predicted octanol–water partition coefficient (Wildman–Crippen LogP) is 0.562. The van der Waals surface area contributed by atoms with Crippen LogP contribution in [-0.2, 0) is 14.8 Å². The second-order valence-corrected chi connectivity index (χ2v) is 8.28. The van der Waals surface area contributed by atoms with Gasteiger partial charge >= 0.3 is 0 Å². The van der Waals surface area contributed by atoms with Crippen molar-refractivity contribution in [2.24, 2.45) is 11.8 Å². The number of rotatable bonds is 5. The molecule has 0 atom stereocenters. The molecule has 2 saturated heterocycles. The van der Waals surface area contributed by atoms with Crippen LogP contribution in [0.15, 0.2) is 29.2 Å². The van der Waals surface area contributed by atoms with Gasteiger partial charge < -0.3 is 10.6 Å². The van der Waals surface area contributed by atoms with Crippen LogP contribution in [0.4, 0.5) is 4.39 Å². The molecule has 0 aliphatic carbocycles. The Bertz CT molecular complexity index is 698. The molecular formula is C16H22FN3O3S. The van der Waals surface area contributed by atoms with Crippen molar-refractivity contribution in [1.82, 2.24) is 14.9 Å². The topological polar surface area (TPSA) is 78.5 Å². The van der Waals surface area contributed by atoms with Crippen LogP contribution >= 0.6 is 0 Å². The number of benzene rings is 1. The van der Waals surface area contributed by atoms with Crippen LogP contribution in [0, 0.1) is 17.7 Å². The smallest absolute Gasteiger partial charge is 0.245 e. The molecule has 8 heteroatoms. The van der Waals surface area contributed by atoms with E-state index >= 15 is 0 Å². The predicted molar refractivity (Wildman–Crippen MR) is 87.3 cm³/mol. The highest BCUT2D eigenvalue weighted by molar-refractivity contribution is 7.89. The molecule has 1 aromatic rings. The van der Waals surface area contributed by atoms with Crippen LogP contribution in [0.2, 0.25) is 0 Å². The summed E-state index contributed by atoms with van der Waals surface area (Å²) in [6.45, 7) is 3.00. The summed E-state index contributed by atoms with van der Waals surface area (Å²) in [7, 11) is -3.84. The number of carbonyl (C=O) groups is 1. The number of carbonyl (C=O) groups excluding carboxylic acids is 1. The van der Waals surface area contributed by atoms with Gasteiger partial charge in [0.05, 0.1) is 0 Å². The van der Waals surface area contributed by atoms with Gasteiger partial charge in [-0.3, -0.25) is 4.79 Å². The molecular weight excluding hydrogens is 333 g/mol. The molecule has 132 valence electrons. The van der Waals surface area contributed by atoms with Gasteiger partial charge in [-0.15, -0.1) is 0 Å². The molecule has 0 bridgehead atoms. The van der Waals surface area contributed by atoms with Gasteiger partial charge in [-0.1, -0.05) is 12.1 Å². The van der Waals surface area contributed by atoms with Crippen LogP contribution in [0.3, 0.4) is 0 Å². The van der Waals surface area contributed by atoms with Crippen LogP contribution in [0.1, 0.15) is 12.8 Å². The largest absolute Gasteiger partial charge is 0.355 e. The number of piperidine rings is 1. The van der Waals surface area contributed by atoms with Crippen LogP contribution in [0.25, 0.3) is 0 Å². The van der Waals surface area contributed by atoms with Crippen molar-refractivity contribution in [3.63, 3.8) is 0 Å². The molecule has 2 N–H and O–H groups in total. The van der Waals surface area contributed by atoms with E-state index in [1.54, 1.807) is 0 Å². The molecule has 2 heterocycles. The van der Waals surface area contributed by atoms with Crippen molar-refractivity contribution in [2.45, 2.75) is 17.7 Å². The first-order chi connectivity index (χ1) is 11.5. The Labute approximate surface area is 141 Å². The number of hydrogen-bond acceptors (Lipinski definition) is 4. The van der Waals surface area contributed by atoms with Crippen LogP contribution in [-0.4, -0.2) is 51.4 Å². The highest BCUT2D eigenvalue weighted by Gasteiger charge is 2.33. The fraction of sp³-hybridized carbons (Fsp3) is 0.562. The monoisotopic (exact) mass is 355 g/mol. The van der Waals surface area contributed by atoms with E-state index in [9.17, 15) is 17.6 Å². The summed E-state index contributed by atoms with van der Waals surface area (Å²) in [6.07, 6.45) is 0.921.